The van der Waals surface area contributed by atoms with Gasteiger partial charge < -0.3 is 4.48 Å². The smallest absolute Gasteiger partial charge is 0.144 e. The number of Topliss-reactive ketones (excluding diaryl/α,β-unsaturated/α-hetero) is 1. The Morgan fingerprint density at radius 3 is 2.00 bits per heavy atom. The van der Waals surface area contributed by atoms with Crippen molar-refractivity contribution in [2.75, 3.05) is 26.2 Å². The van der Waals surface area contributed by atoms with Gasteiger partial charge in [-0.2, -0.15) is 0 Å². The fraction of sp³-hybridized carbons (Fsp3) is 0.875. The number of hydrogen-bond acceptors (Lipinski definition) is 1. The van der Waals surface area contributed by atoms with Crippen LogP contribution in [0.1, 0.15) is 19.3 Å². The number of carbonyl (C=O) groups is 1. The fourth-order valence-electron chi connectivity index (χ4n) is 2.01. The molecule has 2 rings (SSSR count). The standard InChI is InChI=1S/C8H14NO/c10-8-2-6-9(7-3-8)4-1-5-9/h1-7H2/q+1. The lowest BCUT2D eigenvalue weighted by Gasteiger charge is -2.47. The first-order valence-corrected chi connectivity index (χ1v) is 4.18. The van der Waals surface area contributed by atoms with Crippen LogP contribution in [-0.2, 0) is 4.79 Å². The van der Waals surface area contributed by atoms with Crippen LogP contribution in [0.15, 0.2) is 0 Å². The first kappa shape index (κ1) is 6.35. The molecule has 0 aromatic carbocycles. The van der Waals surface area contributed by atoms with Gasteiger partial charge in [-0.1, -0.05) is 0 Å². The summed E-state index contributed by atoms with van der Waals surface area (Å²) < 4.78 is 1.27. The van der Waals surface area contributed by atoms with Crippen LogP contribution in [0.3, 0.4) is 0 Å². The molecule has 2 fully saturated rings. The van der Waals surface area contributed by atoms with Crippen molar-refractivity contribution in [3.05, 3.63) is 0 Å². The van der Waals surface area contributed by atoms with Gasteiger partial charge >= 0.3 is 0 Å². The van der Waals surface area contributed by atoms with Crippen molar-refractivity contribution in [3.8, 4) is 0 Å². The molecule has 0 saturated carbocycles. The van der Waals surface area contributed by atoms with E-state index in [9.17, 15) is 4.79 Å². The Bertz CT molecular complexity index is 149. The van der Waals surface area contributed by atoms with Crippen LogP contribution in [-0.4, -0.2) is 36.4 Å². The zero-order valence-electron chi connectivity index (χ0n) is 6.31. The van der Waals surface area contributed by atoms with Crippen molar-refractivity contribution < 1.29 is 9.28 Å². The highest BCUT2D eigenvalue weighted by atomic mass is 16.1. The van der Waals surface area contributed by atoms with E-state index < -0.39 is 0 Å². The number of carbonyl (C=O) groups excluding carboxylic acids is 1. The van der Waals surface area contributed by atoms with Gasteiger partial charge in [0.25, 0.3) is 0 Å². The number of piperidine rings is 1. The van der Waals surface area contributed by atoms with Gasteiger partial charge in [-0.15, -0.1) is 0 Å². The molecule has 2 saturated heterocycles. The van der Waals surface area contributed by atoms with Gasteiger partial charge in [0.2, 0.25) is 0 Å². The summed E-state index contributed by atoms with van der Waals surface area (Å²) in [6, 6.07) is 0. The third kappa shape index (κ3) is 0.870. The lowest BCUT2D eigenvalue weighted by Crippen LogP contribution is -2.61. The van der Waals surface area contributed by atoms with Gasteiger partial charge in [0.05, 0.1) is 39.0 Å². The molecule has 0 aliphatic carbocycles. The predicted molar refractivity (Wildman–Crippen MR) is 38.6 cm³/mol. The summed E-state index contributed by atoms with van der Waals surface area (Å²) in [6.07, 6.45) is 3.08. The Labute approximate surface area is 61.4 Å². The lowest BCUT2D eigenvalue weighted by molar-refractivity contribution is -0.964. The van der Waals surface area contributed by atoms with E-state index in [4.69, 9.17) is 0 Å². The highest BCUT2D eigenvalue weighted by Gasteiger charge is 2.38. The second-order valence-corrected chi connectivity index (χ2v) is 3.63. The zero-order valence-corrected chi connectivity index (χ0v) is 6.31. The average Bonchev–Trinajstić information content (AvgIpc) is 1.86. The van der Waals surface area contributed by atoms with Crippen LogP contribution < -0.4 is 0 Å². The summed E-state index contributed by atoms with van der Waals surface area (Å²) in [5.41, 5.74) is 0. The summed E-state index contributed by atoms with van der Waals surface area (Å²) in [6.45, 7) is 4.96. The van der Waals surface area contributed by atoms with Crippen molar-refractivity contribution in [1.82, 2.24) is 0 Å². The molecule has 2 heterocycles. The molecule has 10 heavy (non-hydrogen) atoms. The molecule has 1 spiro atoms. The fourth-order valence-corrected chi connectivity index (χ4v) is 2.01. The van der Waals surface area contributed by atoms with Crippen LogP contribution in [0.2, 0.25) is 0 Å². The van der Waals surface area contributed by atoms with Crippen molar-refractivity contribution in [1.29, 1.82) is 0 Å². The van der Waals surface area contributed by atoms with E-state index in [1.165, 1.54) is 24.0 Å². The monoisotopic (exact) mass is 140 g/mol. The maximum absolute atomic E-state index is 10.9. The van der Waals surface area contributed by atoms with E-state index >= 15 is 0 Å². The minimum atomic E-state index is 0.482. The Balaban J connectivity index is 1.96. The van der Waals surface area contributed by atoms with Gasteiger partial charge in [0.1, 0.15) is 5.78 Å². The number of hydrogen-bond donors (Lipinski definition) is 0. The molecule has 56 valence electrons. The van der Waals surface area contributed by atoms with E-state index in [-0.39, 0.29) is 0 Å². The molecule has 0 bridgehead atoms. The third-order valence-electron chi connectivity index (χ3n) is 2.99. The van der Waals surface area contributed by atoms with Crippen molar-refractivity contribution in [2.45, 2.75) is 19.3 Å². The maximum Gasteiger partial charge on any atom is 0.144 e. The highest BCUT2D eigenvalue weighted by molar-refractivity contribution is 5.79. The molecular formula is C8H14NO+. The summed E-state index contributed by atoms with van der Waals surface area (Å²) >= 11 is 0. The van der Waals surface area contributed by atoms with E-state index in [1.807, 2.05) is 0 Å². The third-order valence-corrected chi connectivity index (χ3v) is 2.99. The Kier molecular flexibility index (Phi) is 1.31. The molecule has 0 atom stereocenters. The van der Waals surface area contributed by atoms with Crippen LogP contribution in [0.4, 0.5) is 0 Å². The summed E-state index contributed by atoms with van der Waals surface area (Å²) in [5, 5.41) is 0. The quantitative estimate of drug-likeness (QED) is 0.450. The molecule has 0 amide bonds. The molecule has 0 aromatic rings. The highest BCUT2D eigenvalue weighted by Crippen LogP contribution is 2.24. The number of ketones is 1. The normalized spacial score (nSPS) is 30.2. The Hall–Kier alpha value is -0.370. The first-order valence-electron chi connectivity index (χ1n) is 4.18. The van der Waals surface area contributed by atoms with Gasteiger partial charge in [-0.25, -0.2) is 0 Å². The van der Waals surface area contributed by atoms with E-state index in [2.05, 4.69) is 0 Å². The minimum Gasteiger partial charge on any atom is -0.322 e. The van der Waals surface area contributed by atoms with E-state index in [0.29, 0.717) is 5.78 Å². The molecule has 2 aliphatic rings. The molecule has 2 aliphatic heterocycles. The second kappa shape index (κ2) is 2.06. The minimum absolute atomic E-state index is 0.482. The zero-order chi connectivity index (χ0) is 7.03. The van der Waals surface area contributed by atoms with Crippen LogP contribution in [0.5, 0.6) is 0 Å². The number of rotatable bonds is 0. The summed E-state index contributed by atoms with van der Waals surface area (Å²) in [4.78, 5) is 10.9. The Morgan fingerprint density at radius 2 is 1.60 bits per heavy atom. The van der Waals surface area contributed by atoms with Gasteiger partial charge in [0, 0.05) is 6.42 Å². The van der Waals surface area contributed by atoms with E-state index in [0.717, 1.165) is 25.9 Å². The molecule has 0 aromatic heterocycles. The average molecular weight is 140 g/mol. The van der Waals surface area contributed by atoms with Gasteiger partial charge in [0.15, 0.2) is 0 Å². The summed E-state index contributed by atoms with van der Waals surface area (Å²) in [7, 11) is 0. The number of nitrogens with zero attached hydrogens (tertiary/aromatic N) is 1. The largest absolute Gasteiger partial charge is 0.322 e. The van der Waals surface area contributed by atoms with Crippen molar-refractivity contribution in [3.63, 3.8) is 0 Å². The molecular weight excluding hydrogens is 126 g/mol. The molecule has 2 nitrogen and oxygen atoms in total. The van der Waals surface area contributed by atoms with E-state index in [1.54, 1.807) is 0 Å². The second-order valence-electron chi connectivity index (χ2n) is 3.63. The van der Waals surface area contributed by atoms with Gasteiger partial charge in [-0.3, -0.25) is 4.79 Å². The first-order chi connectivity index (χ1) is 4.81. The van der Waals surface area contributed by atoms with Crippen LogP contribution >= 0.6 is 0 Å². The van der Waals surface area contributed by atoms with Crippen LogP contribution in [0.25, 0.3) is 0 Å². The molecule has 0 unspecified atom stereocenters. The number of quaternary nitrogens is 1. The van der Waals surface area contributed by atoms with Crippen LogP contribution in [0, 0.1) is 0 Å². The molecule has 2 heteroatoms. The summed E-state index contributed by atoms with van der Waals surface area (Å²) in [5.74, 6) is 0.482. The topological polar surface area (TPSA) is 17.1 Å². The molecule has 0 N–H and O–H groups in total. The lowest BCUT2D eigenvalue weighted by atomic mass is 10.0. The maximum atomic E-state index is 10.9. The van der Waals surface area contributed by atoms with Crippen molar-refractivity contribution in [2.24, 2.45) is 0 Å². The molecule has 0 radical (unpaired) electrons. The van der Waals surface area contributed by atoms with Gasteiger partial charge in [-0.05, 0) is 0 Å². The SMILES string of the molecule is O=C1CC[N+]2(CCC2)CC1. The van der Waals surface area contributed by atoms with Crippen molar-refractivity contribution >= 4 is 5.78 Å². The predicted octanol–water partition coefficient (Wildman–Crippen LogP) is 0.570. The Morgan fingerprint density at radius 1 is 1.00 bits per heavy atom.